The molecule has 0 saturated heterocycles. The Morgan fingerprint density at radius 3 is 2.45 bits per heavy atom. The fourth-order valence-corrected chi connectivity index (χ4v) is 4.17. The second-order valence-corrected chi connectivity index (χ2v) is 6.76. The van der Waals surface area contributed by atoms with Crippen LogP contribution >= 0.6 is 0 Å². The Hall–Kier alpha value is -4.25. The molecule has 2 aromatic carbocycles. The Kier molecular flexibility index (Phi) is 3.14. The predicted octanol–water partition coefficient (Wildman–Crippen LogP) is 2.07. The molecule has 0 bridgehead atoms. The number of nitrogens with one attached hydrogen (secondary N) is 1. The minimum absolute atomic E-state index is 0.0262. The van der Waals surface area contributed by atoms with Crippen LogP contribution < -0.4 is 11.1 Å². The van der Waals surface area contributed by atoms with E-state index in [0.29, 0.717) is 0 Å². The first-order chi connectivity index (χ1) is 13.9. The van der Waals surface area contributed by atoms with Gasteiger partial charge in [-0.05, 0) is 18.2 Å². The number of Topliss-reactive ketones (excluding diaryl/α,β-unsaturated/α-hetero) is 2. The molecule has 5 rings (SSSR count). The molecule has 29 heavy (non-hydrogen) atoms. The molecule has 1 atom stereocenters. The molecule has 140 valence electrons. The third-order valence-corrected chi connectivity index (χ3v) is 5.37. The standard InChI is InChI=1S/C21H10FN3O4/c22-9-5-6-14-12(7-9)21(20(28)25-14)13(8-23)19(24)29-18-15(21)16(26)10-3-1-2-4-11(10)17(18)27/h1-7H,24H2,(H,25,28)/t21-/m0/s1. The summed E-state index contributed by atoms with van der Waals surface area (Å²) in [5.74, 6) is -3.69. The number of rotatable bonds is 0. The largest absolute Gasteiger partial charge is 0.436 e. The normalized spacial score (nSPS) is 22.0. The van der Waals surface area contributed by atoms with E-state index in [2.05, 4.69) is 5.32 Å². The number of nitrogens with two attached hydrogens (primary N) is 1. The number of allylic oxidation sites excluding steroid dienone is 1. The lowest BCUT2D eigenvalue weighted by Crippen LogP contribution is -2.48. The summed E-state index contributed by atoms with van der Waals surface area (Å²) in [7, 11) is 0. The van der Waals surface area contributed by atoms with Crippen molar-refractivity contribution >= 4 is 23.2 Å². The quantitative estimate of drug-likeness (QED) is 0.714. The molecule has 3 N–H and O–H groups in total. The summed E-state index contributed by atoms with van der Waals surface area (Å²) in [6, 6.07) is 11.4. The first kappa shape index (κ1) is 16.9. The molecule has 2 heterocycles. The number of carbonyl (C=O) groups excluding carboxylic acids is 3. The molecule has 0 aromatic heterocycles. The number of hydrogen-bond donors (Lipinski definition) is 2. The van der Waals surface area contributed by atoms with Crippen molar-refractivity contribution in [2.75, 3.05) is 5.32 Å². The topological polar surface area (TPSA) is 122 Å². The maximum Gasteiger partial charge on any atom is 0.245 e. The van der Waals surface area contributed by atoms with E-state index in [-0.39, 0.29) is 33.5 Å². The maximum atomic E-state index is 14.1. The number of halogens is 1. The molecular weight excluding hydrogens is 377 g/mol. The highest BCUT2D eigenvalue weighted by molar-refractivity contribution is 6.31. The van der Waals surface area contributed by atoms with Gasteiger partial charge in [0.2, 0.25) is 17.6 Å². The second kappa shape index (κ2) is 5.39. The molecule has 2 aliphatic heterocycles. The SMILES string of the molecule is N#CC1=C(N)OC2=C(C(=O)c3ccccc3C2=O)[C@@]12C(=O)Nc1ccc(F)cc12. The molecule has 0 unspecified atom stereocenters. The van der Waals surface area contributed by atoms with Crippen molar-refractivity contribution in [1.29, 1.82) is 5.26 Å². The van der Waals surface area contributed by atoms with Crippen LogP contribution in [0.4, 0.5) is 10.1 Å². The van der Waals surface area contributed by atoms with Crippen LogP contribution in [0.3, 0.4) is 0 Å². The average molecular weight is 387 g/mol. The van der Waals surface area contributed by atoms with Gasteiger partial charge in [0.05, 0.1) is 5.57 Å². The Bertz CT molecular complexity index is 1300. The monoisotopic (exact) mass is 387 g/mol. The van der Waals surface area contributed by atoms with Gasteiger partial charge in [-0.3, -0.25) is 14.4 Å². The second-order valence-electron chi connectivity index (χ2n) is 6.76. The number of amides is 1. The van der Waals surface area contributed by atoms with Crippen molar-refractivity contribution in [2.45, 2.75) is 5.41 Å². The van der Waals surface area contributed by atoms with Crippen LogP contribution in [0.15, 0.2) is 65.3 Å². The zero-order chi connectivity index (χ0) is 20.5. The zero-order valence-corrected chi connectivity index (χ0v) is 14.6. The third kappa shape index (κ3) is 1.86. The van der Waals surface area contributed by atoms with Gasteiger partial charge >= 0.3 is 0 Å². The van der Waals surface area contributed by atoms with Crippen LogP contribution in [-0.2, 0) is 14.9 Å². The van der Waals surface area contributed by atoms with Gasteiger partial charge in [-0.25, -0.2) is 4.39 Å². The summed E-state index contributed by atoms with van der Waals surface area (Å²) >= 11 is 0. The van der Waals surface area contributed by atoms with Crippen molar-refractivity contribution in [3.63, 3.8) is 0 Å². The van der Waals surface area contributed by atoms with Crippen LogP contribution in [0.2, 0.25) is 0 Å². The molecule has 3 aliphatic rings. The van der Waals surface area contributed by atoms with Crippen molar-refractivity contribution < 1.29 is 23.5 Å². The van der Waals surface area contributed by atoms with Gasteiger partial charge in [0.25, 0.3) is 0 Å². The number of benzene rings is 2. The Balaban J connectivity index is 1.93. The van der Waals surface area contributed by atoms with Crippen molar-refractivity contribution in [1.82, 2.24) is 0 Å². The summed E-state index contributed by atoms with van der Waals surface area (Å²) in [5.41, 5.74) is 3.50. The third-order valence-electron chi connectivity index (χ3n) is 5.37. The highest BCUT2D eigenvalue weighted by Gasteiger charge is 2.61. The number of fused-ring (bicyclic) bond motifs is 4. The number of ketones is 2. The molecular formula is C21H10FN3O4. The number of hydrogen-bond acceptors (Lipinski definition) is 6. The molecule has 0 saturated carbocycles. The summed E-state index contributed by atoms with van der Waals surface area (Å²) in [5, 5.41) is 12.3. The van der Waals surface area contributed by atoms with Gasteiger partial charge in [0.1, 0.15) is 22.9 Å². The lowest BCUT2D eigenvalue weighted by Gasteiger charge is -2.36. The molecule has 2 aromatic rings. The van der Waals surface area contributed by atoms with Crippen LogP contribution in [0.25, 0.3) is 0 Å². The van der Waals surface area contributed by atoms with Crippen molar-refractivity contribution in [2.24, 2.45) is 5.73 Å². The van der Waals surface area contributed by atoms with Crippen molar-refractivity contribution in [3.05, 3.63) is 87.8 Å². The molecule has 0 fully saturated rings. The number of anilines is 1. The van der Waals surface area contributed by atoms with E-state index in [1.807, 2.05) is 6.07 Å². The number of nitriles is 1. The molecule has 8 heteroatoms. The molecule has 1 spiro atoms. The Labute approximate surface area is 162 Å². The summed E-state index contributed by atoms with van der Waals surface area (Å²) in [6.45, 7) is 0. The molecule has 7 nitrogen and oxygen atoms in total. The van der Waals surface area contributed by atoms with Gasteiger partial charge in [-0.1, -0.05) is 24.3 Å². The molecule has 1 aliphatic carbocycles. The number of nitrogens with zero attached hydrogens (tertiary/aromatic N) is 1. The first-order valence-electron chi connectivity index (χ1n) is 8.54. The minimum atomic E-state index is -2.08. The van der Waals surface area contributed by atoms with E-state index in [4.69, 9.17) is 10.5 Å². The van der Waals surface area contributed by atoms with E-state index in [1.165, 1.54) is 18.2 Å². The van der Waals surface area contributed by atoms with Crippen LogP contribution in [0.5, 0.6) is 0 Å². The van der Waals surface area contributed by atoms with Crippen molar-refractivity contribution in [3.8, 4) is 6.07 Å². The van der Waals surface area contributed by atoms with E-state index in [1.54, 1.807) is 12.1 Å². The van der Waals surface area contributed by atoms with E-state index in [0.717, 1.165) is 12.1 Å². The zero-order valence-electron chi connectivity index (χ0n) is 14.6. The lowest BCUT2D eigenvalue weighted by molar-refractivity contribution is -0.118. The summed E-state index contributed by atoms with van der Waals surface area (Å²) < 4.78 is 19.5. The van der Waals surface area contributed by atoms with Crippen LogP contribution in [0.1, 0.15) is 26.3 Å². The van der Waals surface area contributed by atoms with Crippen LogP contribution in [0, 0.1) is 17.1 Å². The van der Waals surface area contributed by atoms with E-state index >= 15 is 0 Å². The highest BCUT2D eigenvalue weighted by atomic mass is 19.1. The van der Waals surface area contributed by atoms with Gasteiger partial charge in [0.15, 0.2) is 11.5 Å². The van der Waals surface area contributed by atoms with Gasteiger partial charge in [-0.15, -0.1) is 0 Å². The first-order valence-corrected chi connectivity index (χ1v) is 8.54. The Morgan fingerprint density at radius 1 is 1.07 bits per heavy atom. The smallest absolute Gasteiger partial charge is 0.245 e. The summed E-state index contributed by atoms with van der Waals surface area (Å²) in [4.78, 5) is 39.7. The molecule has 0 radical (unpaired) electrons. The Morgan fingerprint density at radius 2 is 1.76 bits per heavy atom. The highest BCUT2D eigenvalue weighted by Crippen LogP contribution is 2.54. The minimum Gasteiger partial charge on any atom is -0.436 e. The molecule has 1 amide bonds. The number of carbonyl (C=O) groups is 3. The average Bonchev–Trinajstić information content (AvgIpc) is 2.98. The summed E-state index contributed by atoms with van der Waals surface area (Å²) in [6.07, 6.45) is 0. The van der Waals surface area contributed by atoms with Gasteiger partial charge in [0, 0.05) is 22.4 Å². The van der Waals surface area contributed by atoms with Gasteiger partial charge < -0.3 is 15.8 Å². The van der Waals surface area contributed by atoms with E-state index < -0.39 is 40.3 Å². The maximum absolute atomic E-state index is 14.1. The van der Waals surface area contributed by atoms with Gasteiger partial charge in [-0.2, -0.15) is 5.26 Å². The fraction of sp³-hybridized carbons (Fsp3) is 0.0476. The lowest BCUT2D eigenvalue weighted by atomic mass is 9.64. The fourth-order valence-electron chi connectivity index (χ4n) is 4.17. The van der Waals surface area contributed by atoms with E-state index in [9.17, 15) is 24.0 Å². The van der Waals surface area contributed by atoms with Crippen LogP contribution in [-0.4, -0.2) is 17.5 Å². The predicted molar refractivity (Wildman–Crippen MR) is 96.7 cm³/mol. The number of ether oxygens (including phenoxy) is 1.